The molecule has 3 N–H and O–H groups in total. The molecule has 0 bridgehead atoms. The van der Waals surface area contributed by atoms with Gasteiger partial charge in [-0.3, -0.25) is 4.79 Å². The van der Waals surface area contributed by atoms with Gasteiger partial charge in [0.15, 0.2) is 5.82 Å². The number of amides is 1. The molecule has 0 aliphatic rings. The number of nitrogens with one attached hydrogen (secondary N) is 1. The molecule has 31 heavy (non-hydrogen) atoms. The third kappa shape index (κ3) is 5.69. The Bertz CT molecular complexity index is 1060. The summed E-state index contributed by atoms with van der Waals surface area (Å²) in [5.41, 5.74) is 1.17. The number of nitrogens with zero attached hydrogens (tertiary/aromatic N) is 3. The zero-order chi connectivity index (χ0) is 22.6. The Morgan fingerprint density at radius 2 is 1.84 bits per heavy atom. The number of carbonyl (C=O) groups is 1. The van der Waals surface area contributed by atoms with Gasteiger partial charge in [0, 0.05) is 5.69 Å². The largest absolute Gasteiger partial charge is 0.485 e. The van der Waals surface area contributed by atoms with Crippen LogP contribution in [0.3, 0.4) is 0 Å². The Balaban J connectivity index is 1.57. The summed E-state index contributed by atoms with van der Waals surface area (Å²) < 4.78 is 45.4. The molecule has 1 aromatic heterocycles. The molecule has 0 fully saturated rings. The van der Waals surface area contributed by atoms with E-state index in [9.17, 15) is 18.0 Å². The van der Waals surface area contributed by atoms with E-state index in [1.54, 1.807) is 0 Å². The fraction of sp³-hybridized carbons (Fsp3) is 0.250. The van der Waals surface area contributed by atoms with E-state index in [1.165, 1.54) is 16.8 Å². The molecule has 1 heterocycles. The van der Waals surface area contributed by atoms with Crippen molar-refractivity contribution in [2.45, 2.75) is 31.8 Å². The Morgan fingerprint density at radius 1 is 1.16 bits per heavy atom. The van der Waals surface area contributed by atoms with Gasteiger partial charge in [-0.15, -0.1) is 10.2 Å². The van der Waals surface area contributed by atoms with E-state index in [-0.39, 0.29) is 23.2 Å². The summed E-state index contributed by atoms with van der Waals surface area (Å²) in [6.45, 7) is 3.95. The van der Waals surface area contributed by atoms with E-state index in [1.807, 2.05) is 32.0 Å². The van der Waals surface area contributed by atoms with Crippen molar-refractivity contribution in [3.05, 3.63) is 65.0 Å². The van der Waals surface area contributed by atoms with Crippen LogP contribution in [0.15, 0.2) is 47.6 Å². The van der Waals surface area contributed by atoms with Crippen molar-refractivity contribution in [1.29, 1.82) is 0 Å². The van der Waals surface area contributed by atoms with Crippen LogP contribution in [0.25, 0.3) is 0 Å². The highest BCUT2D eigenvalue weighted by molar-refractivity contribution is 7.99. The lowest BCUT2D eigenvalue weighted by Gasteiger charge is -2.11. The van der Waals surface area contributed by atoms with Gasteiger partial charge in [-0.2, -0.15) is 13.2 Å². The number of benzene rings is 2. The zero-order valence-corrected chi connectivity index (χ0v) is 17.5. The van der Waals surface area contributed by atoms with E-state index in [4.69, 9.17) is 10.6 Å². The van der Waals surface area contributed by atoms with Gasteiger partial charge in [-0.1, -0.05) is 36.0 Å². The third-order valence-electron chi connectivity index (χ3n) is 4.30. The predicted molar refractivity (Wildman–Crippen MR) is 111 cm³/mol. The molecule has 3 aromatic rings. The molecule has 0 saturated carbocycles. The Kier molecular flexibility index (Phi) is 6.74. The summed E-state index contributed by atoms with van der Waals surface area (Å²) in [6, 6.07) is 10.2. The molecule has 0 spiro atoms. The molecule has 1 amide bonds. The Morgan fingerprint density at radius 3 is 2.52 bits per heavy atom. The van der Waals surface area contributed by atoms with Crippen LogP contribution in [0.5, 0.6) is 5.75 Å². The minimum Gasteiger partial charge on any atom is -0.485 e. The van der Waals surface area contributed by atoms with Crippen LogP contribution < -0.4 is 15.9 Å². The van der Waals surface area contributed by atoms with Crippen molar-refractivity contribution >= 4 is 23.4 Å². The van der Waals surface area contributed by atoms with Crippen molar-refractivity contribution in [1.82, 2.24) is 14.9 Å². The molecular weight excluding hydrogens is 431 g/mol. The lowest BCUT2D eigenvalue weighted by atomic mass is 10.1. The standard InChI is InChI=1S/C20H20F3N5O2S/c1-12-5-3-6-13(2)18(12)30-10-16-26-27-19(28(16)24)31-11-17(29)25-15-8-4-7-14(9-15)20(21,22)23/h3-9H,10-11,24H2,1-2H3,(H,25,29). The van der Waals surface area contributed by atoms with Gasteiger partial charge in [-0.25, -0.2) is 4.68 Å². The van der Waals surface area contributed by atoms with E-state index in [2.05, 4.69) is 15.5 Å². The number of anilines is 1. The molecule has 7 nitrogen and oxygen atoms in total. The highest BCUT2D eigenvalue weighted by Crippen LogP contribution is 2.30. The second kappa shape index (κ2) is 9.29. The van der Waals surface area contributed by atoms with E-state index in [0.29, 0.717) is 5.82 Å². The number of halogens is 3. The number of thioether (sulfide) groups is 1. The average molecular weight is 451 g/mol. The minimum atomic E-state index is -4.49. The first-order valence-corrected chi connectivity index (χ1v) is 10.1. The average Bonchev–Trinajstić information content (AvgIpc) is 3.05. The molecule has 0 aliphatic carbocycles. The maximum atomic E-state index is 12.8. The summed E-state index contributed by atoms with van der Waals surface area (Å²) in [5, 5.41) is 10.6. The number of rotatable bonds is 7. The third-order valence-corrected chi connectivity index (χ3v) is 5.24. The molecule has 0 saturated heterocycles. The van der Waals surface area contributed by atoms with Gasteiger partial charge in [0.05, 0.1) is 11.3 Å². The second-order valence-corrected chi connectivity index (χ2v) is 7.64. The normalized spacial score (nSPS) is 11.4. The molecule has 0 aliphatic heterocycles. The van der Waals surface area contributed by atoms with Crippen molar-refractivity contribution in [3.63, 3.8) is 0 Å². The first-order valence-electron chi connectivity index (χ1n) is 9.13. The molecule has 164 valence electrons. The van der Waals surface area contributed by atoms with Crippen LogP contribution in [0.1, 0.15) is 22.5 Å². The van der Waals surface area contributed by atoms with Gasteiger partial charge >= 0.3 is 6.18 Å². The van der Waals surface area contributed by atoms with Gasteiger partial charge in [-0.05, 0) is 43.2 Å². The van der Waals surface area contributed by atoms with Crippen molar-refractivity contribution in [2.24, 2.45) is 0 Å². The van der Waals surface area contributed by atoms with Crippen LogP contribution in [0.4, 0.5) is 18.9 Å². The fourth-order valence-corrected chi connectivity index (χ4v) is 3.44. The molecule has 3 rings (SSSR count). The lowest BCUT2D eigenvalue weighted by molar-refractivity contribution is -0.137. The highest BCUT2D eigenvalue weighted by Gasteiger charge is 2.30. The summed E-state index contributed by atoms with van der Waals surface area (Å²) in [5.74, 6) is 6.48. The molecule has 0 unspecified atom stereocenters. The first kappa shape index (κ1) is 22.5. The summed E-state index contributed by atoms with van der Waals surface area (Å²) in [7, 11) is 0. The monoisotopic (exact) mass is 451 g/mol. The van der Waals surface area contributed by atoms with Gasteiger partial charge in [0.2, 0.25) is 11.1 Å². The minimum absolute atomic E-state index is 0.0531. The number of nitrogens with two attached hydrogens (primary N) is 1. The summed E-state index contributed by atoms with van der Waals surface area (Å²) in [6.07, 6.45) is -4.49. The van der Waals surface area contributed by atoms with Crippen LogP contribution in [0.2, 0.25) is 0 Å². The van der Waals surface area contributed by atoms with Crippen LogP contribution in [0, 0.1) is 13.8 Å². The molecule has 0 atom stereocenters. The van der Waals surface area contributed by atoms with Crippen molar-refractivity contribution in [2.75, 3.05) is 16.9 Å². The van der Waals surface area contributed by atoms with Gasteiger partial charge in [0.1, 0.15) is 12.4 Å². The SMILES string of the molecule is Cc1cccc(C)c1OCc1nnc(SCC(=O)Nc2cccc(C(F)(F)F)c2)n1N. The number of ether oxygens (including phenoxy) is 1. The number of para-hydroxylation sites is 1. The number of carbonyl (C=O) groups excluding carboxylic acids is 1. The number of alkyl halides is 3. The Labute approximate surface area is 180 Å². The first-order chi connectivity index (χ1) is 14.6. The maximum Gasteiger partial charge on any atom is 0.416 e. The maximum absolute atomic E-state index is 12.8. The summed E-state index contributed by atoms with van der Waals surface area (Å²) in [4.78, 5) is 12.1. The van der Waals surface area contributed by atoms with E-state index >= 15 is 0 Å². The van der Waals surface area contributed by atoms with Gasteiger partial charge < -0.3 is 15.9 Å². The van der Waals surface area contributed by atoms with Gasteiger partial charge in [0.25, 0.3) is 0 Å². The molecule has 2 aromatic carbocycles. The highest BCUT2D eigenvalue weighted by atomic mass is 32.2. The Hall–Kier alpha value is -3.21. The van der Waals surface area contributed by atoms with Crippen LogP contribution in [-0.4, -0.2) is 26.5 Å². The summed E-state index contributed by atoms with van der Waals surface area (Å²) >= 11 is 1.01. The molecule has 0 radical (unpaired) electrons. The molecule has 11 heteroatoms. The lowest BCUT2D eigenvalue weighted by Crippen LogP contribution is -2.18. The number of hydrogen-bond donors (Lipinski definition) is 2. The van der Waals surface area contributed by atoms with Crippen molar-refractivity contribution < 1.29 is 22.7 Å². The fourth-order valence-electron chi connectivity index (χ4n) is 2.77. The van der Waals surface area contributed by atoms with E-state index < -0.39 is 17.6 Å². The number of hydrogen-bond acceptors (Lipinski definition) is 6. The van der Waals surface area contributed by atoms with Crippen LogP contribution in [-0.2, 0) is 17.6 Å². The molecular formula is C20H20F3N5O2S. The second-order valence-electron chi connectivity index (χ2n) is 6.69. The van der Waals surface area contributed by atoms with Crippen molar-refractivity contribution in [3.8, 4) is 5.75 Å². The topological polar surface area (TPSA) is 95.1 Å². The number of aromatic nitrogens is 3. The quantitative estimate of drug-likeness (QED) is 0.417. The zero-order valence-electron chi connectivity index (χ0n) is 16.7. The van der Waals surface area contributed by atoms with E-state index in [0.717, 1.165) is 40.8 Å². The smallest absolute Gasteiger partial charge is 0.416 e. The predicted octanol–water partition coefficient (Wildman–Crippen LogP) is 3.94. The van der Waals surface area contributed by atoms with Crippen LogP contribution >= 0.6 is 11.8 Å². The number of nitrogen functional groups attached to an aromatic ring is 1. The number of aryl methyl sites for hydroxylation is 2.